The minimum atomic E-state index is -0.494. The fourth-order valence-corrected chi connectivity index (χ4v) is 3.41. The monoisotopic (exact) mass is 338 g/mol. The highest BCUT2D eigenvalue weighted by Gasteiger charge is 2.42. The Morgan fingerprint density at radius 2 is 2.17 bits per heavy atom. The van der Waals surface area contributed by atoms with E-state index in [4.69, 9.17) is 16.3 Å². The van der Waals surface area contributed by atoms with Crippen LogP contribution in [0.3, 0.4) is 0 Å². The molecule has 1 N–H and O–H groups in total. The number of hydrogen-bond acceptors (Lipinski definition) is 4. The van der Waals surface area contributed by atoms with Crippen molar-refractivity contribution in [1.29, 1.82) is 0 Å². The van der Waals surface area contributed by atoms with Crippen LogP contribution in [0.1, 0.15) is 23.2 Å². The van der Waals surface area contributed by atoms with E-state index in [0.717, 1.165) is 26.1 Å². The summed E-state index contributed by atoms with van der Waals surface area (Å²) in [5.74, 6) is -0.494. The first-order valence-electron chi connectivity index (χ1n) is 7.54. The van der Waals surface area contributed by atoms with Gasteiger partial charge in [-0.3, -0.25) is 0 Å². The van der Waals surface area contributed by atoms with Gasteiger partial charge in [0.1, 0.15) is 0 Å². The highest BCUT2D eigenvalue weighted by atomic mass is 35.5. The predicted molar refractivity (Wildman–Crippen MR) is 85.9 cm³/mol. The van der Waals surface area contributed by atoms with Crippen LogP contribution in [0.5, 0.6) is 0 Å². The van der Waals surface area contributed by atoms with Crippen LogP contribution in [-0.2, 0) is 9.47 Å². The molecule has 0 aromatic heterocycles. The molecular formula is C16H19ClN2O4. The molecule has 2 amide bonds. The summed E-state index contributed by atoms with van der Waals surface area (Å²) in [6.45, 7) is 2.90. The number of ether oxygens (including phenoxy) is 2. The lowest BCUT2D eigenvalue weighted by atomic mass is 9.87. The first-order valence-corrected chi connectivity index (χ1v) is 7.92. The van der Waals surface area contributed by atoms with Crippen LogP contribution in [0.15, 0.2) is 18.2 Å². The summed E-state index contributed by atoms with van der Waals surface area (Å²) in [5, 5.41) is 3.17. The number of halogens is 1. The van der Waals surface area contributed by atoms with E-state index in [2.05, 4.69) is 10.1 Å². The van der Waals surface area contributed by atoms with Crippen molar-refractivity contribution in [3.05, 3.63) is 28.8 Å². The summed E-state index contributed by atoms with van der Waals surface area (Å²) in [6.07, 6.45) is 1.96. The van der Waals surface area contributed by atoms with Gasteiger partial charge < -0.3 is 19.7 Å². The van der Waals surface area contributed by atoms with Gasteiger partial charge in [-0.15, -0.1) is 0 Å². The molecule has 2 heterocycles. The van der Waals surface area contributed by atoms with Gasteiger partial charge in [-0.1, -0.05) is 11.6 Å². The standard InChI is InChI=1S/C16H19ClN2O4/c1-22-14(20)11-6-12(17)8-13(7-11)18-15(21)19-4-2-16(9-19)3-5-23-10-16/h6-8H,2-5,9-10H2,1H3,(H,18,21). The van der Waals surface area contributed by atoms with Crippen molar-refractivity contribution in [2.45, 2.75) is 12.8 Å². The zero-order valence-electron chi connectivity index (χ0n) is 12.9. The molecule has 0 bridgehead atoms. The SMILES string of the molecule is COC(=O)c1cc(Cl)cc(NC(=O)N2CCC3(CCOC3)C2)c1. The number of rotatable bonds is 2. The molecule has 1 aromatic rings. The molecule has 1 atom stereocenters. The summed E-state index contributed by atoms with van der Waals surface area (Å²) in [5.41, 5.74) is 0.895. The van der Waals surface area contributed by atoms with Gasteiger partial charge in [-0.2, -0.15) is 0 Å². The van der Waals surface area contributed by atoms with Crippen LogP contribution in [0, 0.1) is 5.41 Å². The van der Waals surface area contributed by atoms with Gasteiger partial charge in [0.2, 0.25) is 0 Å². The number of nitrogens with zero attached hydrogens (tertiary/aromatic N) is 1. The van der Waals surface area contributed by atoms with Crippen molar-refractivity contribution in [1.82, 2.24) is 4.90 Å². The smallest absolute Gasteiger partial charge is 0.337 e. The lowest BCUT2D eigenvalue weighted by molar-refractivity contribution is 0.0600. The molecule has 0 aliphatic carbocycles. The van der Waals surface area contributed by atoms with E-state index in [9.17, 15) is 9.59 Å². The normalized spacial score (nSPS) is 23.3. The Balaban J connectivity index is 1.68. The number of hydrogen-bond donors (Lipinski definition) is 1. The molecule has 23 heavy (non-hydrogen) atoms. The third-order valence-electron chi connectivity index (χ3n) is 4.48. The summed E-state index contributed by atoms with van der Waals surface area (Å²) < 4.78 is 10.2. The highest BCUT2D eigenvalue weighted by Crippen LogP contribution is 2.38. The molecule has 1 spiro atoms. The van der Waals surface area contributed by atoms with Crippen LogP contribution in [0.4, 0.5) is 10.5 Å². The first kappa shape index (κ1) is 16.1. The van der Waals surface area contributed by atoms with E-state index < -0.39 is 5.97 Å². The summed E-state index contributed by atoms with van der Waals surface area (Å²) in [4.78, 5) is 25.8. The van der Waals surface area contributed by atoms with Gasteiger partial charge in [0.15, 0.2) is 0 Å². The Hall–Kier alpha value is -1.79. The zero-order chi connectivity index (χ0) is 16.4. The van der Waals surface area contributed by atoms with Crippen molar-refractivity contribution in [3.8, 4) is 0 Å². The number of urea groups is 1. The second-order valence-corrected chi connectivity index (χ2v) is 6.56. The van der Waals surface area contributed by atoms with E-state index >= 15 is 0 Å². The number of esters is 1. The lowest BCUT2D eigenvalue weighted by Crippen LogP contribution is -2.35. The quantitative estimate of drug-likeness (QED) is 0.842. The summed E-state index contributed by atoms with van der Waals surface area (Å²) in [7, 11) is 1.30. The maximum atomic E-state index is 12.4. The van der Waals surface area contributed by atoms with Crippen molar-refractivity contribution >= 4 is 29.3 Å². The molecule has 2 aliphatic rings. The number of anilines is 1. The van der Waals surface area contributed by atoms with Crippen LogP contribution < -0.4 is 5.32 Å². The molecule has 3 rings (SSSR count). The van der Waals surface area contributed by atoms with Crippen molar-refractivity contribution in [2.24, 2.45) is 5.41 Å². The Labute approximate surface area is 139 Å². The van der Waals surface area contributed by atoms with E-state index in [1.54, 1.807) is 17.0 Å². The predicted octanol–water partition coefficient (Wildman–Crippen LogP) is 2.77. The van der Waals surface area contributed by atoms with Crippen LogP contribution in [-0.4, -0.2) is 50.3 Å². The van der Waals surface area contributed by atoms with E-state index in [0.29, 0.717) is 29.4 Å². The van der Waals surface area contributed by atoms with Crippen molar-refractivity contribution < 1.29 is 19.1 Å². The van der Waals surface area contributed by atoms with Gasteiger partial charge in [0, 0.05) is 35.8 Å². The minimum Gasteiger partial charge on any atom is -0.465 e. The molecule has 6 nitrogen and oxygen atoms in total. The summed E-state index contributed by atoms with van der Waals surface area (Å²) >= 11 is 6.00. The number of carbonyl (C=O) groups excluding carboxylic acids is 2. The molecule has 0 radical (unpaired) electrons. The van der Waals surface area contributed by atoms with Gasteiger partial charge in [-0.25, -0.2) is 9.59 Å². The minimum absolute atomic E-state index is 0.114. The van der Waals surface area contributed by atoms with Crippen molar-refractivity contribution in [2.75, 3.05) is 38.7 Å². The van der Waals surface area contributed by atoms with Gasteiger partial charge in [-0.05, 0) is 31.0 Å². The highest BCUT2D eigenvalue weighted by molar-refractivity contribution is 6.31. The number of benzene rings is 1. The topological polar surface area (TPSA) is 67.9 Å². The Morgan fingerprint density at radius 3 is 2.87 bits per heavy atom. The van der Waals surface area contributed by atoms with Crippen LogP contribution in [0.25, 0.3) is 0 Å². The maximum Gasteiger partial charge on any atom is 0.337 e. The first-order chi connectivity index (χ1) is 11.0. The summed E-state index contributed by atoms with van der Waals surface area (Å²) in [6, 6.07) is 4.48. The Morgan fingerprint density at radius 1 is 1.35 bits per heavy atom. The van der Waals surface area contributed by atoms with Crippen LogP contribution >= 0.6 is 11.6 Å². The largest absolute Gasteiger partial charge is 0.465 e. The Bertz CT molecular complexity index is 629. The molecule has 124 valence electrons. The van der Waals surface area contributed by atoms with E-state index in [1.807, 2.05) is 0 Å². The molecule has 0 saturated carbocycles. The molecule has 7 heteroatoms. The zero-order valence-corrected chi connectivity index (χ0v) is 13.7. The van der Waals surface area contributed by atoms with Crippen LogP contribution in [0.2, 0.25) is 5.02 Å². The molecule has 2 aliphatic heterocycles. The number of amides is 2. The van der Waals surface area contributed by atoms with Gasteiger partial charge >= 0.3 is 12.0 Å². The second-order valence-electron chi connectivity index (χ2n) is 6.12. The number of nitrogens with one attached hydrogen (secondary N) is 1. The average Bonchev–Trinajstić information content (AvgIpc) is 3.16. The van der Waals surface area contributed by atoms with Gasteiger partial charge in [0.05, 0.1) is 19.3 Å². The number of methoxy groups -OCH3 is 1. The average molecular weight is 339 g/mol. The van der Waals surface area contributed by atoms with E-state index in [-0.39, 0.29) is 11.4 Å². The third-order valence-corrected chi connectivity index (χ3v) is 4.70. The fraction of sp³-hybridized carbons (Fsp3) is 0.500. The maximum absolute atomic E-state index is 12.4. The lowest BCUT2D eigenvalue weighted by Gasteiger charge is -2.22. The third kappa shape index (κ3) is 3.43. The molecule has 1 unspecified atom stereocenters. The van der Waals surface area contributed by atoms with Gasteiger partial charge in [0.25, 0.3) is 0 Å². The number of carbonyl (C=O) groups is 2. The molecule has 2 fully saturated rings. The Kier molecular flexibility index (Phi) is 4.46. The molecule has 1 aromatic carbocycles. The molecule has 2 saturated heterocycles. The fourth-order valence-electron chi connectivity index (χ4n) is 3.18. The number of likely N-dealkylation sites (tertiary alicyclic amines) is 1. The van der Waals surface area contributed by atoms with E-state index in [1.165, 1.54) is 13.2 Å². The van der Waals surface area contributed by atoms with Crippen molar-refractivity contribution in [3.63, 3.8) is 0 Å². The molecular weight excluding hydrogens is 320 g/mol. The second kappa shape index (κ2) is 6.37.